The minimum Gasteiger partial charge on any atom is -0.481 e. The lowest BCUT2D eigenvalue weighted by atomic mass is 9.99. The van der Waals surface area contributed by atoms with Crippen molar-refractivity contribution in [3.8, 4) is 0 Å². The zero-order valence-electron chi connectivity index (χ0n) is 13.1. The summed E-state index contributed by atoms with van der Waals surface area (Å²) in [7, 11) is 0. The molecule has 2 atom stereocenters. The molecule has 1 aliphatic rings. The molecule has 0 spiro atoms. The van der Waals surface area contributed by atoms with Crippen LogP contribution in [0.5, 0.6) is 0 Å². The molecular formula is C18H17NO4S. The molecule has 5 nitrogen and oxygen atoms in total. The van der Waals surface area contributed by atoms with Crippen LogP contribution in [-0.2, 0) is 4.79 Å². The first-order chi connectivity index (χ1) is 11.5. The monoisotopic (exact) mass is 343 g/mol. The number of benzene rings is 1. The molecule has 0 radical (unpaired) electrons. The minimum absolute atomic E-state index is 0.105. The molecule has 2 heterocycles. The van der Waals surface area contributed by atoms with E-state index in [9.17, 15) is 19.5 Å². The maximum atomic E-state index is 12.8. The quantitative estimate of drug-likeness (QED) is 0.866. The molecule has 0 bridgehead atoms. The fraction of sp³-hybridized carbons (Fsp3) is 0.278. The number of thiophene rings is 1. The normalized spacial score (nSPS) is 20.1. The molecule has 24 heavy (non-hydrogen) atoms. The predicted molar refractivity (Wildman–Crippen MR) is 90.4 cm³/mol. The van der Waals surface area contributed by atoms with Crippen molar-refractivity contribution in [2.24, 2.45) is 11.8 Å². The summed E-state index contributed by atoms with van der Waals surface area (Å²) in [6.45, 7) is 2.39. The molecule has 6 heteroatoms. The van der Waals surface area contributed by atoms with Crippen molar-refractivity contribution >= 4 is 29.0 Å². The van der Waals surface area contributed by atoms with Crippen LogP contribution in [0.25, 0.3) is 0 Å². The maximum Gasteiger partial charge on any atom is 0.308 e. The van der Waals surface area contributed by atoms with Crippen LogP contribution in [0.15, 0.2) is 41.8 Å². The Bertz CT molecular complexity index is 784. The highest BCUT2D eigenvalue weighted by Crippen LogP contribution is 2.26. The van der Waals surface area contributed by atoms with Crippen LogP contribution < -0.4 is 0 Å². The summed E-state index contributed by atoms with van der Waals surface area (Å²) in [6.07, 6.45) is 0. The van der Waals surface area contributed by atoms with Crippen molar-refractivity contribution in [2.75, 3.05) is 13.1 Å². The fourth-order valence-electron chi connectivity index (χ4n) is 3.03. The molecule has 2 aromatic rings. The van der Waals surface area contributed by atoms with Crippen LogP contribution in [0.2, 0.25) is 0 Å². The molecule has 0 saturated carbocycles. The van der Waals surface area contributed by atoms with E-state index in [0.29, 0.717) is 22.5 Å². The Hall–Kier alpha value is -2.47. The lowest BCUT2D eigenvalue weighted by molar-refractivity contribution is -0.142. The average Bonchev–Trinajstić information content (AvgIpc) is 3.23. The number of carboxylic acids is 1. The third-order valence-electron chi connectivity index (χ3n) is 4.36. The van der Waals surface area contributed by atoms with Gasteiger partial charge in [0.1, 0.15) is 0 Å². The number of ketones is 1. The van der Waals surface area contributed by atoms with Gasteiger partial charge in [-0.15, -0.1) is 11.3 Å². The van der Waals surface area contributed by atoms with Gasteiger partial charge in [0.15, 0.2) is 0 Å². The van der Waals surface area contributed by atoms with E-state index in [1.807, 2.05) is 12.3 Å². The SMILES string of the molecule is C[C@@H]1CN(C(=O)c2ccccc2C(=O)c2cccs2)C[C@H]1C(=O)O. The van der Waals surface area contributed by atoms with Crippen molar-refractivity contribution in [1.29, 1.82) is 0 Å². The highest BCUT2D eigenvalue weighted by molar-refractivity contribution is 7.12. The number of carbonyl (C=O) groups excluding carboxylic acids is 2. The van der Waals surface area contributed by atoms with Gasteiger partial charge in [-0.3, -0.25) is 14.4 Å². The van der Waals surface area contributed by atoms with Gasteiger partial charge >= 0.3 is 5.97 Å². The Morgan fingerprint density at radius 1 is 1.08 bits per heavy atom. The Labute approximate surface area is 143 Å². The van der Waals surface area contributed by atoms with Gasteiger partial charge in [0, 0.05) is 18.7 Å². The summed E-state index contributed by atoms with van der Waals surface area (Å²) in [6, 6.07) is 10.2. The summed E-state index contributed by atoms with van der Waals surface area (Å²) in [5.74, 6) is -2.02. The van der Waals surface area contributed by atoms with Crippen molar-refractivity contribution in [1.82, 2.24) is 4.90 Å². The van der Waals surface area contributed by atoms with Gasteiger partial charge < -0.3 is 10.0 Å². The number of aliphatic carboxylic acids is 1. The number of carbonyl (C=O) groups is 3. The smallest absolute Gasteiger partial charge is 0.308 e. The zero-order valence-corrected chi connectivity index (χ0v) is 14.0. The van der Waals surface area contributed by atoms with Gasteiger partial charge in [0.05, 0.1) is 16.4 Å². The highest BCUT2D eigenvalue weighted by Gasteiger charge is 2.37. The minimum atomic E-state index is -0.888. The summed E-state index contributed by atoms with van der Waals surface area (Å²) in [5, 5.41) is 11.0. The molecule has 1 N–H and O–H groups in total. The van der Waals surface area contributed by atoms with E-state index in [0.717, 1.165) is 0 Å². The molecule has 1 aromatic heterocycles. The third-order valence-corrected chi connectivity index (χ3v) is 5.23. The summed E-state index contributed by atoms with van der Waals surface area (Å²) in [4.78, 5) is 38.8. The number of likely N-dealkylation sites (tertiary alicyclic amines) is 1. The van der Waals surface area contributed by atoms with Crippen LogP contribution in [0.1, 0.15) is 32.5 Å². The van der Waals surface area contributed by atoms with E-state index in [1.54, 1.807) is 36.4 Å². The highest BCUT2D eigenvalue weighted by atomic mass is 32.1. The van der Waals surface area contributed by atoms with E-state index < -0.39 is 11.9 Å². The van der Waals surface area contributed by atoms with Gasteiger partial charge in [-0.25, -0.2) is 0 Å². The Morgan fingerprint density at radius 2 is 1.79 bits per heavy atom. The zero-order chi connectivity index (χ0) is 17.3. The van der Waals surface area contributed by atoms with Gasteiger partial charge in [0.2, 0.25) is 5.78 Å². The second-order valence-electron chi connectivity index (χ2n) is 5.98. The molecule has 1 amide bonds. The number of carboxylic acid groups (broad SMARTS) is 1. The van der Waals surface area contributed by atoms with E-state index in [1.165, 1.54) is 16.2 Å². The van der Waals surface area contributed by atoms with E-state index in [-0.39, 0.29) is 24.2 Å². The molecular weight excluding hydrogens is 326 g/mol. The number of rotatable bonds is 4. The summed E-state index contributed by atoms with van der Waals surface area (Å²) < 4.78 is 0. The van der Waals surface area contributed by atoms with Crippen molar-refractivity contribution < 1.29 is 19.5 Å². The lowest BCUT2D eigenvalue weighted by Crippen LogP contribution is -2.31. The maximum absolute atomic E-state index is 12.8. The van der Waals surface area contributed by atoms with Crippen LogP contribution in [0, 0.1) is 11.8 Å². The van der Waals surface area contributed by atoms with Crippen LogP contribution in [0.4, 0.5) is 0 Å². The van der Waals surface area contributed by atoms with Crippen molar-refractivity contribution in [3.05, 3.63) is 57.8 Å². The van der Waals surface area contributed by atoms with E-state index >= 15 is 0 Å². The first-order valence-electron chi connectivity index (χ1n) is 7.68. The number of hydrogen-bond donors (Lipinski definition) is 1. The van der Waals surface area contributed by atoms with Gasteiger partial charge in [0.25, 0.3) is 5.91 Å². The molecule has 1 fully saturated rings. The van der Waals surface area contributed by atoms with Gasteiger partial charge in [-0.1, -0.05) is 31.2 Å². The third kappa shape index (κ3) is 2.97. The van der Waals surface area contributed by atoms with Crippen molar-refractivity contribution in [2.45, 2.75) is 6.92 Å². The van der Waals surface area contributed by atoms with Crippen LogP contribution >= 0.6 is 11.3 Å². The fourth-order valence-corrected chi connectivity index (χ4v) is 3.71. The Balaban J connectivity index is 1.89. The second-order valence-corrected chi connectivity index (χ2v) is 6.93. The van der Waals surface area contributed by atoms with E-state index in [2.05, 4.69) is 0 Å². The number of hydrogen-bond acceptors (Lipinski definition) is 4. The predicted octanol–water partition coefficient (Wildman–Crippen LogP) is 2.77. The molecule has 1 saturated heterocycles. The van der Waals surface area contributed by atoms with E-state index in [4.69, 9.17) is 0 Å². The average molecular weight is 343 g/mol. The van der Waals surface area contributed by atoms with Gasteiger partial charge in [-0.05, 0) is 23.4 Å². The van der Waals surface area contributed by atoms with Crippen LogP contribution in [0.3, 0.4) is 0 Å². The topological polar surface area (TPSA) is 74.7 Å². The molecule has 0 unspecified atom stereocenters. The molecule has 1 aliphatic heterocycles. The Morgan fingerprint density at radius 3 is 2.38 bits per heavy atom. The summed E-state index contributed by atoms with van der Waals surface area (Å²) in [5.41, 5.74) is 0.686. The first-order valence-corrected chi connectivity index (χ1v) is 8.56. The largest absolute Gasteiger partial charge is 0.481 e. The molecule has 1 aromatic carbocycles. The molecule has 124 valence electrons. The molecule has 3 rings (SSSR count). The Kier molecular flexibility index (Phi) is 4.49. The molecule has 0 aliphatic carbocycles. The van der Waals surface area contributed by atoms with Crippen LogP contribution in [-0.4, -0.2) is 40.8 Å². The first kappa shape index (κ1) is 16.4. The summed E-state index contributed by atoms with van der Waals surface area (Å²) >= 11 is 1.33. The standard InChI is InChI=1S/C18H17NO4S/c1-11-9-19(10-14(11)18(22)23)17(21)13-6-3-2-5-12(13)16(20)15-7-4-8-24-15/h2-8,11,14H,9-10H2,1H3,(H,22,23)/t11-,14-/m1/s1. The number of nitrogens with zero attached hydrogens (tertiary/aromatic N) is 1. The number of amides is 1. The second kappa shape index (κ2) is 6.57. The van der Waals surface area contributed by atoms with Crippen molar-refractivity contribution in [3.63, 3.8) is 0 Å². The lowest BCUT2D eigenvalue weighted by Gasteiger charge is -2.17. The van der Waals surface area contributed by atoms with Gasteiger partial charge in [-0.2, -0.15) is 0 Å².